The van der Waals surface area contributed by atoms with E-state index in [1.54, 1.807) is 12.1 Å². The monoisotopic (exact) mass is 477 g/mol. The van der Waals surface area contributed by atoms with Gasteiger partial charge in [-0.15, -0.1) is 0 Å². The first-order valence-corrected chi connectivity index (χ1v) is 12.9. The van der Waals surface area contributed by atoms with Gasteiger partial charge in [0.25, 0.3) is 15.9 Å². The van der Waals surface area contributed by atoms with E-state index in [0.717, 1.165) is 42.9 Å². The van der Waals surface area contributed by atoms with E-state index >= 15 is 0 Å². The van der Waals surface area contributed by atoms with Crippen LogP contribution in [0.4, 0.5) is 17.1 Å². The van der Waals surface area contributed by atoms with Gasteiger partial charge in [0.2, 0.25) is 0 Å². The van der Waals surface area contributed by atoms with E-state index in [2.05, 4.69) is 10.2 Å². The number of hydrogen-bond acceptors (Lipinski definition) is 5. The van der Waals surface area contributed by atoms with Gasteiger partial charge in [-0.2, -0.15) is 0 Å². The third-order valence-corrected chi connectivity index (χ3v) is 8.10. The third kappa shape index (κ3) is 4.51. The van der Waals surface area contributed by atoms with Crippen molar-refractivity contribution < 1.29 is 17.9 Å². The highest BCUT2D eigenvalue weighted by Crippen LogP contribution is 2.31. The highest BCUT2D eigenvalue weighted by atomic mass is 32.2. The number of para-hydroxylation sites is 1. The second kappa shape index (κ2) is 9.48. The Morgan fingerprint density at radius 2 is 1.56 bits per heavy atom. The summed E-state index contributed by atoms with van der Waals surface area (Å²) in [5.74, 6) is -0.286. The number of carbonyl (C=O) groups is 1. The lowest BCUT2D eigenvalue weighted by molar-refractivity contribution is 0.102. The second-order valence-corrected chi connectivity index (χ2v) is 10.3. The Bertz CT molecular complexity index is 1270. The minimum absolute atomic E-state index is 0.176. The SMILES string of the molecule is O=C(Nc1ccc(N2CCOCC2)cc1)c1ccc(S(=O)(=O)N2CCCc3ccccc32)cc1. The molecule has 0 aromatic heterocycles. The summed E-state index contributed by atoms with van der Waals surface area (Å²) >= 11 is 0. The number of ether oxygens (including phenoxy) is 1. The van der Waals surface area contributed by atoms with Crippen LogP contribution in [0, 0.1) is 0 Å². The molecule has 1 N–H and O–H groups in total. The van der Waals surface area contributed by atoms with Crippen molar-refractivity contribution in [2.24, 2.45) is 0 Å². The minimum atomic E-state index is -3.70. The van der Waals surface area contributed by atoms with Crippen molar-refractivity contribution in [3.8, 4) is 0 Å². The molecule has 8 heteroatoms. The fraction of sp³-hybridized carbons (Fsp3) is 0.269. The van der Waals surface area contributed by atoms with Crippen LogP contribution in [0.15, 0.2) is 77.7 Å². The van der Waals surface area contributed by atoms with E-state index in [1.165, 1.54) is 16.4 Å². The maximum absolute atomic E-state index is 13.3. The number of fused-ring (bicyclic) bond motifs is 1. The summed E-state index contributed by atoms with van der Waals surface area (Å²) < 4.78 is 33.5. The van der Waals surface area contributed by atoms with Crippen LogP contribution in [0.3, 0.4) is 0 Å². The van der Waals surface area contributed by atoms with Crippen molar-refractivity contribution in [1.82, 2.24) is 0 Å². The van der Waals surface area contributed by atoms with Gasteiger partial charge in [-0.05, 0) is 73.0 Å². The third-order valence-electron chi connectivity index (χ3n) is 6.27. The number of sulfonamides is 1. The summed E-state index contributed by atoms with van der Waals surface area (Å²) in [7, 11) is -3.70. The fourth-order valence-corrected chi connectivity index (χ4v) is 5.98. The molecule has 0 bridgehead atoms. The van der Waals surface area contributed by atoms with Crippen LogP contribution in [0.5, 0.6) is 0 Å². The number of amides is 1. The second-order valence-electron chi connectivity index (χ2n) is 8.43. The van der Waals surface area contributed by atoms with Gasteiger partial charge in [-0.25, -0.2) is 8.42 Å². The lowest BCUT2D eigenvalue weighted by Crippen LogP contribution is -2.36. The van der Waals surface area contributed by atoms with Crippen molar-refractivity contribution in [1.29, 1.82) is 0 Å². The summed E-state index contributed by atoms with van der Waals surface area (Å²) in [4.78, 5) is 15.2. The van der Waals surface area contributed by atoms with E-state index in [1.807, 2.05) is 48.5 Å². The maximum Gasteiger partial charge on any atom is 0.264 e. The predicted octanol–water partition coefficient (Wildman–Crippen LogP) is 3.92. The van der Waals surface area contributed by atoms with E-state index in [-0.39, 0.29) is 10.8 Å². The van der Waals surface area contributed by atoms with Gasteiger partial charge >= 0.3 is 0 Å². The summed E-state index contributed by atoms with van der Waals surface area (Å²) in [6.07, 6.45) is 1.65. The molecule has 3 aromatic rings. The maximum atomic E-state index is 13.3. The Labute approximate surface area is 200 Å². The van der Waals surface area contributed by atoms with Crippen molar-refractivity contribution in [2.75, 3.05) is 47.4 Å². The number of hydrogen-bond donors (Lipinski definition) is 1. The first kappa shape index (κ1) is 22.4. The number of nitrogens with zero attached hydrogens (tertiary/aromatic N) is 2. The number of rotatable bonds is 5. The summed E-state index contributed by atoms with van der Waals surface area (Å²) in [6.45, 7) is 3.58. The Morgan fingerprint density at radius 1 is 0.853 bits per heavy atom. The summed E-state index contributed by atoms with van der Waals surface area (Å²) in [6, 6.07) is 21.4. The van der Waals surface area contributed by atoms with Gasteiger partial charge in [0.05, 0.1) is 23.8 Å². The lowest BCUT2D eigenvalue weighted by atomic mass is 10.0. The van der Waals surface area contributed by atoms with Gasteiger partial charge in [0.15, 0.2) is 0 Å². The number of benzene rings is 3. The molecule has 1 saturated heterocycles. The molecule has 2 aliphatic heterocycles. The molecule has 0 radical (unpaired) electrons. The molecule has 2 aliphatic rings. The standard InChI is InChI=1S/C26H27N3O4S/c30-26(27-22-9-11-23(12-10-22)28-16-18-33-19-17-28)21-7-13-24(14-8-21)34(31,32)29-15-3-5-20-4-1-2-6-25(20)29/h1-2,4,6-14H,3,5,15-19H2,(H,27,30). The molecule has 5 rings (SSSR count). The molecular formula is C26H27N3O4S. The topological polar surface area (TPSA) is 79.0 Å². The number of nitrogens with one attached hydrogen (secondary N) is 1. The normalized spacial score (nSPS) is 16.1. The van der Waals surface area contributed by atoms with E-state index in [0.29, 0.717) is 31.0 Å². The van der Waals surface area contributed by atoms with E-state index < -0.39 is 10.0 Å². The fourth-order valence-electron chi connectivity index (χ4n) is 4.43. The molecule has 3 aromatic carbocycles. The molecule has 1 fully saturated rings. The van der Waals surface area contributed by atoms with Crippen LogP contribution in [-0.4, -0.2) is 47.2 Å². The van der Waals surface area contributed by atoms with Gasteiger partial charge in [-0.3, -0.25) is 9.10 Å². The minimum Gasteiger partial charge on any atom is -0.378 e. The average molecular weight is 478 g/mol. The van der Waals surface area contributed by atoms with Gasteiger partial charge in [0.1, 0.15) is 0 Å². The van der Waals surface area contributed by atoms with Gasteiger partial charge < -0.3 is 15.0 Å². The molecular weight excluding hydrogens is 450 g/mol. The van der Waals surface area contributed by atoms with Crippen LogP contribution in [-0.2, 0) is 21.2 Å². The number of aryl methyl sites for hydroxylation is 1. The molecule has 0 saturated carbocycles. The van der Waals surface area contributed by atoms with E-state index in [4.69, 9.17) is 4.74 Å². The van der Waals surface area contributed by atoms with Crippen molar-refractivity contribution in [2.45, 2.75) is 17.7 Å². The Morgan fingerprint density at radius 3 is 2.29 bits per heavy atom. The number of anilines is 3. The van der Waals surface area contributed by atoms with Crippen molar-refractivity contribution in [3.63, 3.8) is 0 Å². The average Bonchev–Trinajstić information content (AvgIpc) is 2.89. The molecule has 2 heterocycles. The summed E-state index contributed by atoms with van der Waals surface area (Å²) in [5, 5.41) is 2.88. The molecule has 34 heavy (non-hydrogen) atoms. The van der Waals surface area contributed by atoms with Crippen LogP contribution in [0.2, 0.25) is 0 Å². The van der Waals surface area contributed by atoms with Crippen LogP contribution in [0.25, 0.3) is 0 Å². The molecule has 176 valence electrons. The number of carbonyl (C=O) groups excluding carboxylic acids is 1. The molecule has 0 unspecified atom stereocenters. The number of morpholine rings is 1. The van der Waals surface area contributed by atoms with Crippen molar-refractivity contribution >= 4 is 33.0 Å². The van der Waals surface area contributed by atoms with Crippen molar-refractivity contribution in [3.05, 3.63) is 83.9 Å². The van der Waals surface area contributed by atoms with Gasteiger partial charge in [-0.1, -0.05) is 18.2 Å². The largest absolute Gasteiger partial charge is 0.378 e. The molecule has 1 amide bonds. The zero-order chi connectivity index (χ0) is 23.5. The van der Waals surface area contributed by atoms with Crippen LogP contribution < -0.4 is 14.5 Å². The molecule has 0 aliphatic carbocycles. The Hall–Kier alpha value is -3.36. The van der Waals surface area contributed by atoms with Gasteiger partial charge in [0, 0.05) is 36.6 Å². The molecule has 0 spiro atoms. The predicted molar refractivity (Wildman–Crippen MR) is 133 cm³/mol. The Kier molecular flexibility index (Phi) is 6.26. The first-order chi connectivity index (χ1) is 16.5. The highest BCUT2D eigenvalue weighted by molar-refractivity contribution is 7.92. The molecule has 0 atom stereocenters. The lowest BCUT2D eigenvalue weighted by Gasteiger charge is -2.30. The zero-order valence-electron chi connectivity index (χ0n) is 18.8. The molecule has 7 nitrogen and oxygen atoms in total. The Balaban J connectivity index is 1.28. The zero-order valence-corrected chi connectivity index (χ0v) is 19.6. The van der Waals surface area contributed by atoms with Crippen LogP contribution >= 0.6 is 0 Å². The smallest absolute Gasteiger partial charge is 0.264 e. The highest BCUT2D eigenvalue weighted by Gasteiger charge is 2.29. The van der Waals surface area contributed by atoms with E-state index in [9.17, 15) is 13.2 Å². The summed E-state index contributed by atoms with van der Waals surface area (Å²) in [5.41, 5.74) is 3.94. The quantitative estimate of drug-likeness (QED) is 0.603. The first-order valence-electron chi connectivity index (χ1n) is 11.5. The van der Waals surface area contributed by atoms with Crippen LogP contribution in [0.1, 0.15) is 22.3 Å².